The molecule has 3 rings (SSSR count). The summed E-state index contributed by atoms with van der Waals surface area (Å²) in [5.74, 6) is 1.99. The topological polar surface area (TPSA) is 47.8 Å². The quantitative estimate of drug-likeness (QED) is 0.755. The Hall–Kier alpha value is -0.840. The lowest BCUT2D eigenvalue weighted by molar-refractivity contribution is -0.116. The molecule has 92 valence electrons. The van der Waals surface area contributed by atoms with Crippen LogP contribution >= 0.6 is 11.8 Å². The molecule has 0 bridgehead atoms. The van der Waals surface area contributed by atoms with E-state index in [9.17, 15) is 4.79 Å². The number of thioether (sulfide) groups is 1. The second-order valence-electron chi connectivity index (χ2n) is 5.09. The highest BCUT2D eigenvalue weighted by Crippen LogP contribution is 2.46. The van der Waals surface area contributed by atoms with E-state index in [1.165, 1.54) is 25.7 Å². The largest absolute Gasteiger partial charge is 0.303 e. The van der Waals surface area contributed by atoms with Gasteiger partial charge in [0.25, 0.3) is 0 Å². The van der Waals surface area contributed by atoms with Gasteiger partial charge in [-0.25, -0.2) is 0 Å². The molecule has 0 aromatic carbocycles. The van der Waals surface area contributed by atoms with Crippen molar-refractivity contribution in [1.29, 1.82) is 0 Å². The molecule has 0 saturated heterocycles. The second kappa shape index (κ2) is 4.12. The van der Waals surface area contributed by atoms with Crippen molar-refractivity contribution >= 4 is 17.5 Å². The number of ketones is 1. The first-order valence-corrected chi connectivity index (χ1v) is 7.16. The molecule has 0 aliphatic heterocycles. The Kier molecular flexibility index (Phi) is 2.73. The molecular formula is C12H17N3OS. The summed E-state index contributed by atoms with van der Waals surface area (Å²) in [6.07, 6.45) is 4.97. The summed E-state index contributed by atoms with van der Waals surface area (Å²) in [5.41, 5.74) is 0. The molecule has 4 nitrogen and oxygen atoms in total. The van der Waals surface area contributed by atoms with Crippen LogP contribution in [-0.2, 0) is 4.79 Å². The average molecular weight is 251 g/mol. The number of carbonyl (C=O) groups excluding carboxylic acids is 1. The first-order chi connectivity index (χ1) is 8.16. The van der Waals surface area contributed by atoms with Gasteiger partial charge in [0.05, 0.1) is 5.25 Å². The summed E-state index contributed by atoms with van der Waals surface area (Å²) in [7, 11) is 0. The number of hydrogen-bond acceptors (Lipinski definition) is 4. The minimum atomic E-state index is -0.0243. The fourth-order valence-electron chi connectivity index (χ4n) is 1.91. The van der Waals surface area contributed by atoms with Crippen molar-refractivity contribution in [2.75, 3.05) is 0 Å². The molecule has 1 aromatic rings. The van der Waals surface area contributed by atoms with E-state index in [4.69, 9.17) is 0 Å². The zero-order valence-electron chi connectivity index (χ0n) is 10.2. The molecule has 1 aromatic heterocycles. The normalized spacial score (nSPS) is 21.5. The number of nitrogens with zero attached hydrogens (tertiary/aromatic N) is 3. The van der Waals surface area contributed by atoms with E-state index in [0.29, 0.717) is 12.0 Å². The number of hydrogen-bond donors (Lipinski definition) is 0. The van der Waals surface area contributed by atoms with Gasteiger partial charge in [0.1, 0.15) is 11.6 Å². The lowest BCUT2D eigenvalue weighted by atomic mass is 10.3. The van der Waals surface area contributed by atoms with Crippen LogP contribution in [0.2, 0.25) is 0 Å². The standard InChI is InChI=1S/C12H17N3OS/c1-7(16)8(2)17-12-14-13-11(9-3-4-9)15(12)10-5-6-10/h8-10H,3-6H2,1-2H3. The number of carbonyl (C=O) groups is 1. The van der Waals surface area contributed by atoms with E-state index in [0.717, 1.165) is 11.0 Å². The third kappa shape index (κ3) is 2.25. The van der Waals surface area contributed by atoms with E-state index in [2.05, 4.69) is 14.8 Å². The van der Waals surface area contributed by atoms with Crippen LogP contribution in [-0.4, -0.2) is 25.8 Å². The van der Waals surface area contributed by atoms with E-state index < -0.39 is 0 Å². The summed E-state index contributed by atoms with van der Waals surface area (Å²) in [6, 6.07) is 0.599. The molecular weight excluding hydrogens is 234 g/mol. The molecule has 2 aliphatic rings. The Morgan fingerprint density at radius 3 is 2.59 bits per heavy atom. The van der Waals surface area contributed by atoms with Gasteiger partial charge >= 0.3 is 0 Å². The van der Waals surface area contributed by atoms with Gasteiger partial charge in [-0.2, -0.15) is 0 Å². The van der Waals surface area contributed by atoms with Crippen LogP contribution in [0.3, 0.4) is 0 Å². The molecule has 2 aliphatic carbocycles. The van der Waals surface area contributed by atoms with Crippen LogP contribution in [0, 0.1) is 0 Å². The third-order valence-corrected chi connectivity index (χ3v) is 4.57. The second-order valence-corrected chi connectivity index (χ2v) is 6.39. The maximum Gasteiger partial charge on any atom is 0.192 e. The Morgan fingerprint density at radius 1 is 1.35 bits per heavy atom. The zero-order valence-corrected chi connectivity index (χ0v) is 11.0. The summed E-state index contributed by atoms with van der Waals surface area (Å²) < 4.78 is 2.29. The highest BCUT2D eigenvalue weighted by atomic mass is 32.2. The predicted octanol–water partition coefficient (Wildman–Crippen LogP) is 2.56. The predicted molar refractivity (Wildman–Crippen MR) is 66.3 cm³/mol. The molecule has 2 fully saturated rings. The average Bonchev–Trinajstić information content (AvgIpc) is 3.18. The number of aromatic nitrogens is 3. The fraction of sp³-hybridized carbons (Fsp3) is 0.750. The van der Waals surface area contributed by atoms with Crippen LogP contribution in [0.1, 0.15) is 57.3 Å². The Balaban J connectivity index is 1.85. The van der Waals surface area contributed by atoms with Gasteiger partial charge in [-0.05, 0) is 39.5 Å². The lowest BCUT2D eigenvalue weighted by Gasteiger charge is -2.10. The molecule has 0 N–H and O–H groups in total. The van der Waals surface area contributed by atoms with Crippen LogP contribution in [0.15, 0.2) is 5.16 Å². The minimum absolute atomic E-state index is 0.0243. The molecule has 0 amide bonds. The van der Waals surface area contributed by atoms with Crippen LogP contribution in [0.25, 0.3) is 0 Å². The summed E-state index contributed by atoms with van der Waals surface area (Å²) in [4.78, 5) is 11.3. The van der Waals surface area contributed by atoms with Gasteiger partial charge in [-0.3, -0.25) is 4.79 Å². The van der Waals surface area contributed by atoms with Crippen LogP contribution in [0.5, 0.6) is 0 Å². The smallest absolute Gasteiger partial charge is 0.192 e. The maximum atomic E-state index is 11.3. The Bertz CT molecular complexity index is 449. The number of Topliss-reactive ketones (excluding diaryl/α,β-unsaturated/α-hetero) is 1. The molecule has 17 heavy (non-hydrogen) atoms. The van der Waals surface area contributed by atoms with E-state index >= 15 is 0 Å². The van der Waals surface area contributed by atoms with E-state index in [1.807, 2.05) is 6.92 Å². The molecule has 1 heterocycles. The van der Waals surface area contributed by atoms with Crippen molar-refractivity contribution in [3.63, 3.8) is 0 Å². The van der Waals surface area contributed by atoms with Gasteiger partial charge in [-0.15, -0.1) is 10.2 Å². The van der Waals surface area contributed by atoms with Gasteiger partial charge < -0.3 is 4.57 Å². The molecule has 0 radical (unpaired) electrons. The summed E-state index contributed by atoms with van der Waals surface area (Å²) >= 11 is 1.55. The zero-order chi connectivity index (χ0) is 12.0. The highest BCUT2D eigenvalue weighted by Gasteiger charge is 2.36. The SMILES string of the molecule is CC(=O)C(C)Sc1nnc(C2CC2)n1C1CC1. The molecule has 0 spiro atoms. The Morgan fingerprint density at radius 2 is 2.06 bits per heavy atom. The Labute approximate surface area is 105 Å². The van der Waals surface area contributed by atoms with Gasteiger partial charge in [0.15, 0.2) is 5.16 Å². The fourth-order valence-corrected chi connectivity index (χ4v) is 2.83. The molecule has 5 heteroatoms. The van der Waals surface area contributed by atoms with E-state index in [1.54, 1.807) is 18.7 Å². The van der Waals surface area contributed by atoms with Crippen LogP contribution in [0.4, 0.5) is 0 Å². The monoisotopic (exact) mass is 251 g/mol. The first kappa shape index (κ1) is 11.3. The number of rotatable bonds is 5. The summed E-state index contributed by atoms with van der Waals surface area (Å²) in [5, 5.41) is 9.53. The van der Waals surface area contributed by atoms with E-state index in [-0.39, 0.29) is 11.0 Å². The third-order valence-electron chi connectivity index (χ3n) is 3.40. The maximum absolute atomic E-state index is 11.3. The molecule has 2 saturated carbocycles. The minimum Gasteiger partial charge on any atom is -0.303 e. The highest BCUT2D eigenvalue weighted by molar-refractivity contribution is 8.00. The first-order valence-electron chi connectivity index (χ1n) is 6.28. The van der Waals surface area contributed by atoms with Crippen LogP contribution < -0.4 is 0 Å². The van der Waals surface area contributed by atoms with Gasteiger partial charge in [-0.1, -0.05) is 11.8 Å². The van der Waals surface area contributed by atoms with Crippen molar-refractivity contribution in [3.8, 4) is 0 Å². The van der Waals surface area contributed by atoms with Crippen molar-refractivity contribution in [3.05, 3.63) is 5.82 Å². The van der Waals surface area contributed by atoms with Gasteiger partial charge in [0.2, 0.25) is 0 Å². The molecule has 1 unspecified atom stereocenters. The molecule has 1 atom stereocenters. The van der Waals surface area contributed by atoms with Crippen molar-refractivity contribution in [2.24, 2.45) is 0 Å². The van der Waals surface area contributed by atoms with Gasteiger partial charge in [0, 0.05) is 12.0 Å². The van der Waals surface area contributed by atoms with Crippen molar-refractivity contribution in [2.45, 2.75) is 61.9 Å². The summed E-state index contributed by atoms with van der Waals surface area (Å²) in [6.45, 7) is 3.58. The lowest BCUT2D eigenvalue weighted by Crippen LogP contribution is -2.10. The van der Waals surface area contributed by atoms with Crippen molar-refractivity contribution < 1.29 is 4.79 Å². The van der Waals surface area contributed by atoms with Crippen molar-refractivity contribution in [1.82, 2.24) is 14.8 Å².